The lowest BCUT2D eigenvalue weighted by Crippen LogP contribution is -2.27. The van der Waals surface area contributed by atoms with Crippen LogP contribution in [0.15, 0.2) is 40.3 Å². The average molecular weight is 401 g/mol. The van der Waals surface area contributed by atoms with E-state index in [0.717, 1.165) is 17.7 Å². The topological polar surface area (TPSA) is 101 Å². The van der Waals surface area contributed by atoms with Crippen molar-refractivity contribution in [2.75, 3.05) is 19.4 Å². The number of benzene rings is 1. The van der Waals surface area contributed by atoms with Crippen molar-refractivity contribution >= 4 is 23.3 Å². The lowest BCUT2D eigenvalue weighted by atomic mass is 10.1. The SMILES string of the molecule is COc1ccc(-c2nc(SCC(=O)NCCC(C)C)n3[nH]c(=O)cc3n2)cc1. The molecule has 1 aromatic carbocycles. The van der Waals surface area contributed by atoms with Crippen molar-refractivity contribution in [3.63, 3.8) is 0 Å². The Morgan fingerprint density at radius 1 is 1.29 bits per heavy atom. The summed E-state index contributed by atoms with van der Waals surface area (Å²) in [4.78, 5) is 32.8. The zero-order valence-electron chi connectivity index (χ0n) is 16.1. The van der Waals surface area contributed by atoms with Gasteiger partial charge in [-0.05, 0) is 36.6 Å². The quantitative estimate of drug-likeness (QED) is 0.562. The molecule has 2 aromatic heterocycles. The second-order valence-electron chi connectivity index (χ2n) is 6.69. The lowest BCUT2D eigenvalue weighted by molar-refractivity contribution is -0.118. The van der Waals surface area contributed by atoms with E-state index in [4.69, 9.17) is 4.74 Å². The van der Waals surface area contributed by atoms with Crippen LogP contribution < -0.4 is 15.6 Å². The van der Waals surface area contributed by atoms with Gasteiger partial charge >= 0.3 is 0 Å². The second kappa shape index (κ2) is 8.92. The fraction of sp³-hybridized carbons (Fsp3) is 0.368. The highest BCUT2D eigenvalue weighted by Crippen LogP contribution is 2.23. The number of ether oxygens (including phenoxy) is 1. The number of rotatable bonds is 8. The molecule has 3 rings (SSSR count). The third-order valence-corrected chi connectivity index (χ3v) is 4.99. The summed E-state index contributed by atoms with van der Waals surface area (Å²) in [6, 6.07) is 8.74. The molecule has 0 unspecified atom stereocenters. The molecular formula is C19H23N5O3S. The fourth-order valence-corrected chi connectivity index (χ4v) is 3.31. The molecule has 28 heavy (non-hydrogen) atoms. The number of hydrogen-bond acceptors (Lipinski definition) is 6. The normalized spacial score (nSPS) is 11.1. The monoisotopic (exact) mass is 401 g/mol. The molecule has 148 valence electrons. The third kappa shape index (κ3) is 4.92. The van der Waals surface area contributed by atoms with Crippen molar-refractivity contribution in [3.8, 4) is 17.1 Å². The molecule has 2 heterocycles. The maximum atomic E-state index is 12.1. The van der Waals surface area contributed by atoms with Gasteiger partial charge in [-0.1, -0.05) is 25.6 Å². The average Bonchev–Trinajstić information content (AvgIpc) is 3.06. The first kappa shape index (κ1) is 19.9. The van der Waals surface area contributed by atoms with Crippen LogP contribution in [0.3, 0.4) is 0 Å². The number of H-pyrrole nitrogens is 1. The summed E-state index contributed by atoms with van der Waals surface area (Å²) < 4.78 is 6.68. The van der Waals surface area contributed by atoms with Crippen LogP contribution in [0.2, 0.25) is 0 Å². The summed E-state index contributed by atoms with van der Waals surface area (Å²) >= 11 is 1.25. The molecular weight excluding hydrogens is 378 g/mol. The van der Waals surface area contributed by atoms with Crippen molar-refractivity contribution < 1.29 is 9.53 Å². The molecule has 2 N–H and O–H groups in total. The first-order valence-electron chi connectivity index (χ1n) is 9.00. The highest BCUT2D eigenvalue weighted by molar-refractivity contribution is 7.99. The summed E-state index contributed by atoms with van der Waals surface area (Å²) in [5.41, 5.74) is 0.970. The van der Waals surface area contributed by atoms with Crippen LogP contribution in [0.4, 0.5) is 0 Å². The van der Waals surface area contributed by atoms with E-state index >= 15 is 0 Å². The van der Waals surface area contributed by atoms with E-state index in [2.05, 4.69) is 34.2 Å². The number of hydrogen-bond donors (Lipinski definition) is 2. The van der Waals surface area contributed by atoms with Crippen LogP contribution >= 0.6 is 11.8 Å². The zero-order chi connectivity index (χ0) is 20.1. The number of carbonyl (C=O) groups is 1. The van der Waals surface area contributed by atoms with Crippen LogP contribution in [0.5, 0.6) is 5.75 Å². The molecule has 0 spiro atoms. The van der Waals surface area contributed by atoms with Crippen molar-refractivity contribution in [2.45, 2.75) is 25.4 Å². The van der Waals surface area contributed by atoms with E-state index in [1.165, 1.54) is 22.3 Å². The Balaban J connectivity index is 1.82. The van der Waals surface area contributed by atoms with Gasteiger partial charge in [-0.25, -0.2) is 14.5 Å². The van der Waals surface area contributed by atoms with Crippen LogP contribution in [0, 0.1) is 5.92 Å². The molecule has 0 atom stereocenters. The Kier molecular flexibility index (Phi) is 6.35. The summed E-state index contributed by atoms with van der Waals surface area (Å²) in [7, 11) is 1.60. The molecule has 9 heteroatoms. The fourth-order valence-electron chi connectivity index (χ4n) is 2.53. The molecule has 0 radical (unpaired) electrons. The second-order valence-corrected chi connectivity index (χ2v) is 7.64. The molecule has 0 bridgehead atoms. The first-order chi connectivity index (χ1) is 13.5. The summed E-state index contributed by atoms with van der Waals surface area (Å²) in [5, 5.41) is 6.06. The van der Waals surface area contributed by atoms with Crippen LogP contribution in [-0.2, 0) is 4.79 Å². The summed E-state index contributed by atoms with van der Waals surface area (Å²) in [6.07, 6.45) is 0.931. The Morgan fingerprint density at radius 2 is 2.04 bits per heavy atom. The van der Waals surface area contributed by atoms with E-state index in [9.17, 15) is 9.59 Å². The van der Waals surface area contributed by atoms with Crippen molar-refractivity contribution in [2.24, 2.45) is 5.92 Å². The molecule has 0 saturated carbocycles. The van der Waals surface area contributed by atoms with Crippen LogP contribution in [-0.4, -0.2) is 44.9 Å². The first-order valence-corrected chi connectivity index (χ1v) is 9.98. The van der Waals surface area contributed by atoms with E-state index in [-0.39, 0.29) is 17.2 Å². The van der Waals surface area contributed by atoms with E-state index in [1.807, 2.05) is 24.3 Å². The number of aromatic amines is 1. The highest BCUT2D eigenvalue weighted by atomic mass is 32.2. The van der Waals surface area contributed by atoms with Gasteiger partial charge in [-0.3, -0.25) is 14.7 Å². The number of methoxy groups -OCH3 is 1. The van der Waals surface area contributed by atoms with Crippen LogP contribution in [0.1, 0.15) is 20.3 Å². The smallest absolute Gasteiger partial charge is 0.266 e. The largest absolute Gasteiger partial charge is 0.497 e. The predicted molar refractivity (Wildman–Crippen MR) is 109 cm³/mol. The maximum absolute atomic E-state index is 12.1. The Morgan fingerprint density at radius 3 is 2.71 bits per heavy atom. The molecule has 0 saturated heterocycles. The van der Waals surface area contributed by atoms with Crippen molar-refractivity contribution in [1.29, 1.82) is 0 Å². The van der Waals surface area contributed by atoms with Crippen LogP contribution in [0.25, 0.3) is 17.0 Å². The van der Waals surface area contributed by atoms with Crippen molar-refractivity contribution in [3.05, 3.63) is 40.7 Å². The molecule has 0 aliphatic rings. The van der Waals surface area contributed by atoms with Crippen molar-refractivity contribution in [1.82, 2.24) is 24.9 Å². The Bertz CT molecular complexity index is 1010. The van der Waals surface area contributed by atoms with E-state index < -0.39 is 0 Å². The molecule has 0 fully saturated rings. The van der Waals surface area contributed by atoms with Gasteiger partial charge in [0.25, 0.3) is 5.56 Å². The zero-order valence-corrected chi connectivity index (χ0v) is 16.9. The van der Waals surface area contributed by atoms with Gasteiger partial charge in [0.05, 0.1) is 12.9 Å². The molecule has 8 nitrogen and oxygen atoms in total. The number of amides is 1. The van der Waals surface area contributed by atoms with E-state index in [1.54, 1.807) is 7.11 Å². The number of carbonyl (C=O) groups excluding carboxylic acids is 1. The standard InChI is InChI=1S/C19H23N5O3S/c1-12(2)8-9-20-17(26)11-28-19-22-18(13-4-6-14(27-3)7-5-13)21-15-10-16(25)23-24(15)19/h4-7,10,12H,8-9,11H2,1-3H3,(H,20,26)(H,23,25). The lowest BCUT2D eigenvalue weighted by Gasteiger charge is -2.09. The van der Waals surface area contributed by atoms with Gasteiger partial charge in [-0.15, -0.1) is 0 Å². The van der Waals surface area contributed by atoms with Gasteiger partial charge in [0, 0.05) is 18.2 Å². The Labute approximate surface area is 166 Å². The number of thioether (sulfide) groups is 1. The molecule has 0 aliphatic carbocycles. The minimum Gasteiger partial charge on any atom is -0.497 e. The number of fused-ring (bicyclic) bond motifs is 1. The van der Waals surface area contributed by atoms with Gasteiger partial charge in [0.15, 0.2) is 16.6 Å². The van der Waals surface area contributed by atoms with Gasteiger partial charge < -0.3 is 10.1 Å². The minimum atomic E-state index is -0.274. The molecule has 1 amide bonds. The number of nitrogens with one attached hydrogen (secondary N) is 2. The van der Waals surface area contributed by atoms with Gasteiger partial charge in [0.1, 0.15) is 5.75 Å². The minimum absolute atomic E-state index is 0.0714. The molecule has 0 aliphatic heterocycles. The maximum Gasteiger partial charge on any atom is 0.266 e. The van der Waals surface area contributed by atoms with Gasteiger partial charge in [0.2, 0.25) is 5.91 Å². The number of nitrogens with zero attached hydrogens (tertiary/aromatic N) is 3. The predicted octanol–water partition coefficient (Wildman–Crippen LogP) is 2.35. The molecule has 3 aromatic rings. The summed E-state index contributed by atoms with van der Waals surface area (Å²) in [6.45, 7) is 4.87. The number of aromatic nitrogens is 4. The summed E-state index contributed by atoms with van der Waals surface area (Å²) in [5.74, 6) is 1.87. The third-order valence-electron chi connectivity index (χ3n) is 4.05. The Hall–Kier alpha value is -2.81. The highest BCUT2D eigenvalue weighted by Gasteiger charge is 2.13. The van der Waals surface area contributed by atoms with Gasteiger partial charge in [-0.2, -0.15) is 0 Å². The van der Waals surface area contributed by atoms with E-state index in [0.29, 0.717) is 29.1 Å².